The zero-order valence-electron chi connectivity index (χ0n) is 8.68. The topological polar surface area (TPSA) is 80.9 Å². The van der Waals surface area contributed by atoms with Gasteiger partial charge in [-0.05, 0) is 12.1 Å². The molecular formula is C10H7FN2O4. The van der Waals surface area contributed by atoms with Crippen molar-refractivity contribution < 1.29 is 23.8 Å². The van der Waals surface area contributed by atoms with Crippen molar-refractivity contribution in [2.75, 3.05) is 7.11 Å². The van der Waals surface area contributed by atoms with Crippen molar-refractivity contribution in [3.63, 3.8) is 0 Å². The van der Waals surface area contributed by atoms with Gasteiger partial charge >= 0.3 is 11.9 Å². The van der Waals surface area contributed by atoms with Crippen molar-refractivity contribution in [1.82, 2.24) is 9.38 Å². The summed E-state index contributed by atoms with van der Waals surface area (Å²) in [6.07, 6.45) is 1.13. The number of fused-ring (bicyclic) bond motifs is 1. The largest absolute Gasteiger partial charge is 0.476 e. The van der Waals surface area contributed by atoms with Crippen LogP contribution in [-0.4, -0.2) is 33.5 Å². The van der Waals surface area contributed by atoms with Crippen LogP contribution in [0.15, 0.2) is 18.3 Å². The maximum Gasteiger partial charge on any atom is 0.359 e. The zero-order chi connectivity index (χ0) is 12.6. The summed E-state index contributed by atoms with van der Waals surface area (Å²) in [5, 5.41) is 8.68. The SMILES string of the molecule is COC(=O)c1ccc2nc(C(=O)O)c(F)n2c1. The first kappa shape index (κ1) is 11.1. The number of hydrogen-bond donors (Lipinski definition) is 1. The second-order valence-electron chi connectivity index (χ2n) is 3.19. The minimum Gasteiger partial charge on any atom is -0.476 e. The van der Waals surface area contributed by atoms with Gasteiger partial charge in [-0.15, -0.1) is 0 Å². The van der Waals surface area contributed by atoms with Crippen LogP contribution in [-0.2, 0) is 4.74 Å². The number of carboxylic acid groups (broad SMARTS) is 1. The normalized spacial score (nSPS) is 10.5. The summed E-state index contributed by atoms with van der Waals surface area (Å²) < 4.78 is 18.9. The molecule has 0 saturated heterocycles. The average molecular weight is 238 g/mol. The lowest BCUT2D eigenvalue weighted by molar-refractivity contribution is 0.0599. The van der Waals surface area contributed by atoms with Crippen LogP contribution in [0.1, 0.15) is 20.8 Å². The number of halogens is 1. The van der Waals surface area contributed by atoms with Crippen LogP contribution in [0, 0.1) is 5.95 Å². The lowest BCUT2D eigenvalue weighted by atomic mass is 10.3. The smallest absolute Gasteiger partial charge is 0.359 e. The van der Waals surface area contributed by atoms with E-state index >= 15 is 0 Å². The first-order chi connectivity index (χ1) is 8.04. The zero-order valence-corrected chi connectivity index (χ0v) is 8.68. The van der Waals surface area contributed by atoms with Crippen molar-refractivity contribution in [2.45, 2.75) is 0 Å². The predicted octanol–water partition coefficient (Wildman–Crippen LogP) is 0.958. The number of ether oxygens (including phenoxy) is 1. The van der Waals surface area contributed by atoms with Gasteiger partial charge in [-0.1, -0.05) is 0 Å². The molecule has 2 aromatic rings. The summed E-state index contributed by atoms with van der Waals surface area (Å²) in [5.41, 5.74) is -0.479. The van der Waals surface area contributed by atoms with E-state index in [1.807, 2.05) is 0 Å². The van der Waals surface area contributed by atoms with Gasteiger partial charge in [0, 0.05) is 6.20 Å². The van der Waals surface area contributed by atoms with Gasteiger partial charge in [-0.2, -0.15) is 4.39 Å². The summed E-state index contributed by atoms with van der Waals surface area (Å²) in [6.45, 7) is 0. The van der Waals surface area contributed by atoms with E-state index in [1.165, 1.54) is 19.2 Å². The van der Waals surface area contributed by atoms with Crippen molar-refractivity contribution in [3.05, 3.63) is 35.5 Å². The highest BCUT2D eigenvalue weighted by Gasteiger charge is 2.19. The second kappa shape index (κ2) is 3.85. The van der Waals surface area contributed by atoms with Gasteiger partial charge in [-0.25, -0.2) is 14.6 Å². The van der Waals surface area contributed by atoms with Gasteiger partial charge in [0.25, 0.3) is 0 Å². The molecule has 2 aromatic heterocycles. The van der Waals surface area contributed by atoms with Gasteiger partial charge in [0.15, 0.2) is 0 Å². The van der Waals surface area contributed by atoms with E-state index in [0.29, 0.717) is 0 Å². The Balaban J connectivity index is 2.65. The summed E-state index contributed by atoms with van der Waals surface area (Å²) in [6, 6.07) is 2.71. The molecule has 17 heavy (non-hydrogen) atoms. The van der Waals surface area contributed by atoms with Crippen LogP contribution in [0.2, 0.25) is 0 Å². The molecule has 0 aliphatic heterocycles. The molecule has 0 amide bonds. The second-order valence-corrected chi connectivity index (χ2v) is 3.19. The number of nitrogens with zero attached hydrogens (tertiary/aromatic N) is 2. The molecule has 2 heterocycles. The molecule has 0 spiro atoms. The minimum absolute atomic E-state index is 0.104. The fourth-order valence-corrected chi connectivity index (χ4v) is 1.39. The Kier molecular flexibility index (Phi) is 2.51. The van der Waals surface area contributed by atoms with Gasteiger partial charge in [0.2, 0.25) is 11.6 Å². The molecule has 0 aliphatic carbocycles. The van der Waals surface area contributed by atoms with Gasteiger partial charge in [0.05, 0.1) is 12.7 Å². The minimum atomic E-state index is -1.47. The van der Waals surface area contributed by atoms with Gasteiger partial charge in [0.1, 0.15) is 5.65 Å². The molecule has 0 saturated carbocycles. The van der Waals surface area contributed by atoms with Gasteiger partial charge < -0.3 is 9.84 Å². The van der Waals surface area contributed by atoms with E-state index in [4.69, 9.17) is 5.11 Å². The number of methoxy groups -OCH3 is 1. The fraction of sp³-hybridized carbons (Fsp3) is 0.100. The molecular weight excluding hydrogens is 231 g/mol. The molecule has 7 heteroatoms. The fourth-order valence-electron chi connectivity index (χ4n) is 1.39. The van der Waals surface area contributed by atoms with Crippen LogP contribution >= 0.6 is 0 Å². The summed E-state index contributed by atoms with van der Waals surface area (Å²) in [7, 11) is 1.19. The molecule has 0 fully saturated rings. The van der Waals surface area contributed by atoms with Crippen LogP contribution in [0.3, 0.4) is 0 Å². The molecule has 0 bridgehead atoms. The number of imidazole rings is 1. The maximum atomic E-state index is 13.6. The monoisotopic (exact) mass is 238 g/mol. The number of rotatable bonds is 2. The van der Waals surface area contributed by atoms with Crippen molar-refractivity contribution in [1.29, 1.82) is 0 Å². The average Bonchev–Trinajstić information content (AvgIpc) is 2.65. The number of aromatic nitrogens is 2. The Morgan fingerprint density at radius 2 is 2.18 bits per heavy atom. The highest BCUT2D eigenvalue weighted by Crippen LogP contribution is 2.13. The number of aromatic carboxylic acids is 1. The molecule has 0 aromatic carbocycles. The molecule has 0 radical (unpaired) electrons. The van der Waals surface area contributed by atoms with Crippen molar-refractivity contribution >= 4 is 17.6 Å². The number of carbonyl (C=O) groups excluding carboxylic acids is 1. The first-order valence-electron chi connectivity index (χ1n) is 4.54. The highest BCUT2D eigenvalue weighted by atomic mass is 19.1. The Labute approximate surface area is 94.3 Å². The van der Waals surface area contributed by atoms with Crippen LogP contribution in [0.5, 0.6) is 0 Å². The Morgan fingerprint density at radius 3 is 2.76 bits per heavy atom. The van der Waals surface area contributed by atoms with Gasteiger partial charge in [-0.3, -0.25) is 4.40 Å². The summed E-state index contributed by atoms with van der Waals surface area (Å²) in [4.78, 5) is 25.4. The summed E-state index contributed by atoms with van der Waals surface area (Å²) in [5.74, 6) is -3.14. The molecule has 0 aliphatic rings. The molecule has 88 valence electrons. The molecule has 0 atom stereocenters. The lowest BCUT2D eigenvalue weighted by Gasteiger charge is -1.99. The third kappa shape index (κ3) is 1.71. The van der Waals surface area contributed by atoms with Crippen LogP contribution < -0.4 is 0 Å². The highest BCUT2D eigenvalue weighted by molar-refractivity contribution is 5.90. The van der Waals surface area contributed by atoms with Crippen LogP contribution in [0.25, 0.3) is 5.65 Å². The van der Waals surface area contributed by atoms with E-state index in [9.17, 15) is 14.0 Å². The maximum absolute atomic E-state index is 13.6. The van der Waals surface area contributed by atoms with E-state index in [1.54, 1.807) is 0 Å². The molecule has 0 unspecified atom stereocenters. The quantitative estimate of drug-likeness (QED) is 0.788. The van der Waals surface area contributed by atoms with Crippen molar-refractivity contribution in [2.24, 2.45) is 0 Å². The number of hydrogen-bond acceptors (Lipinski definition) is 4. The molecule has 2 rings (SSSR count). The standard InChI is InChI=1S/C10H7FN2O4/c1-17-10(16)5-2-3-6-12-7(9(14)15)8(11)13(6)4-5/h2-4H,1H3,(H,14,15). The molecule has 1 N–H and O–H groups in total. The number of esters is 1. The van der Waals surface area contributed by atoms with Crippen LogP contribution in [0.4, 0.5) is 4.39 Å². The summed E-state index contributed by atoms with van der Waals surface area (Å²) >= 11 is 0. The molecule has 6 nitrogen and oxygen atoms in total. The predicted molar refractivity (Wildman–Crippen MR) is 53.4 cm³/mol. The van der Waals surface area contributed by atoms with E-state index in [0.717, 1.165) is 10.6 Å². The van der Waals surface area contributed by atoms with E-state index in [-0.39, 0.29) is 11.2 Å². The van der Waals surface area contributed by atoms with Crippen molar-refractivity contribution in [3.8, 4) is 0 Å². The van der Waals surface area contributed by atoms with E-state index < -0.39 is 23.6 Å². The Hall–Kier alpha value is -2.44. The number of carboxylic acids is 1. The first-order valence-corrected chi connectivity index (χ1v) is 4.54. The number of carbonyl (C=O) groups is 2. The third-order valence-electron chi connectivity index (χ3n) is 2.18. The lowest BCUT2D eigenvalue weighted by Crippen LogP contribution is -2.04. The van der Waals surface area contributed by atoms with E-state index in [2.05, 4.69) is 9.72 Å². The Morgan fingerprint density at radius 1 is 1.47 bits per heavy atom. The third-order valence-corrected chi connectivity index (χ3v) is 2.18. The Bertz CT molecular complexity index is 620. The number of pyridine rings is 1.